The molecule has 0 aromatic heterocycles. The molecule has 152 valence electrons. The molecule has 2 aliphatic heterocycles. The highest BCUT2D eigenvalue weighted by atomic mass is 19.1. The first kappa shape index (κ1) is 19.4. The molecule has 2 amide bonds. The van der Waals surface area contributed by atoms with E-state index in [1.54, 1.807) is 9.80 Å². The summed E-state index contributed by atoms with van der Waals surface area (Å²) in [6.45, 7) is 1.39. The molecule has 0 spiro atoms. The third-order valence-corrected chi connectivity index (χ3v) is 5.70. The summed E-state index contributed by atoms with van der Waals surface area (Å²) in [6, 6.07) is 11.4. The van der Waals surface area contributed by atoms with E-state index < -0.39 is 11.6 Å². The second kappa shape index (κ2) is 8.19. The molecule has 2 aliphatic rings. The van der Waals surface area contributed by atoms with Crippen LogP contribution >= 0.6 is 0 Å². The van der Waals surface area contributed by atoms with Crippen molar-refractivity contribution in [3.05, 3.63) is 59.7 Å². The van der Waals surface area contributed by atoms with Gasteiger partial charge in [-0.1, -0.05) is 18.2 Å². The van der Waals surface area contributed by atoms with Gasteiger partial charge in [0.05, 0.1) is 24.5 Å². The molecule has 0 unspecified atom stereocenters. The van der Waals surface area contributed by atoms with Crippen LogP contribution in [0.4, 0.5) is 20.2 Å². The molecule has 2 aromatic carbocycles. The number of rotatable bonds is 4. The Morgan fingerprint density at radius 1 is 1.03 bits per heavy atom. The lowest BCUT2D eigenvalue weighted by molar-refractivity contribution is -0.131. The van der Waals surface area contributed by atoms with Crippen LogP contribution in [0, 0.1) is 17.6 Å². The number of carbonyl (C=O) groups excluding carboxylic acids is 2. The van der Waals surface area contributed by atoms with Gasteiger partial charge in [0.2, 0.25) is 11.8 Å². The van der Waals surface area contributed by atoms with Crippen molar-refractivity contribution in [2.24, 2.45) is 5.92 Å². The van der Waals surface area contributed by atoms with Gasteiger partial charge < -0.3 is 15.1 Å². The fraction of sp³-hybridized carbons (Fsp3) is 0.364. The van der Waals surface area contributed by atoms with E-state index in [2.05, 4.69) is 5.32 Å². The molecule has 1 fully saturated rings. The molecule has 2 aromatic rings. The number of carbonyl (C=O) groups is 2. The van der Waals surface area contributed by atoms with Crippen LogP contribution < -0.4 is 10.2 Å². The van der Waals surface area contributed by atoms with E-state index in [0.29, 0.717) is 38.0 Å². The van der Waals surface area contributed by atoms with Crippen LogP contribution in [0.3, 0.4) is 0 Å². The standard InChI is InChI=1S/C22H23F2N3O2/c23-17-4-3-5-18(24)16(17)12-15-8-10-26(11-9-15)22(29)14-27-13-21(28)25-19-6-1-2-7-20(19)27/h1-7,15H,8-14H2,(H,25,28). The van der Waals surface area contributed by atoms with Gasteiger partial charge in [0, 0.05) is 18.7 Å². The molecule has 4 rings (SSSR count). The minimum Gasteiger partial charge on any atom is -0.351 e. The number of para-hydroxylation sites is 2. The van der Waals surface area contributed by atoms with Gasteiger partial charge in [0.15, 0.2) is 0 Å². The Hall–Kier alpha value is -2.96. The quantitative estimate of drug-likeness (QED) is 0.859. The maximum absolute atomic E-state index is 13.9. The van der Waals surface area contributed by atoms with E-state index >= 15 is 0 Å². The summed E-state index contributed by atoms with van der Waals surface area (Å²) in [7, 11) is 0. The maximum atomic E-state index is 13.9. The highest BCUT2D eigenvalue weighted by Crippen LogP contribution is 2.29. The number of hydrogen-bond acceptors (Lipinski definition) is 3. The molecule has 1 N–H and O–H groups in total. The first-order chi connectivity index (χ1) is 14.0. The topological polar surface area (TPSA) is 52.7 Å². The summed E-state index contributed by atoms with van der Waals surface area (Å²) in [5, 5.41) is 2.81. The van der Waals surface area contributed by atoms with Crippen LogP contribution in [0.15, 0.2) is 42.5 Å². The Labute approximate surface area is 168 Å². The third kappa shape index (κ3) is 4.23. The fourth-order valence-corrected chi connectivity index (χ4v) is 4.11. The van der Waals surface area contributed by atoms with Gasteiger partial charge in [-0.15, -0.1) is 0 Å². The van der Waals surface area contributed by atoms with Gasteiger partial charge >= 0.3 is 0 Å². The Morgan fingerprint density at radius 2 is 1.72 bits per heavy atom. The lowest BCUT2D eigenvalue weighted by atomic mass is 9.89. The van der Waals surface area contributed by atoms with Gasteiger partial charge in [0.1, 0.15) is 11.6 Å². The molecule has 29 heavy (non-hydrogen) atoms. The van der Waals surface area contributed by atoms with E-state index in [1.807, 2.05) is 24.3 Å². The zero-order valence-corrected chi connectivity index (χ0v) is 16.0. The molecule has 0 saturated carbocycles. The summed E-state index contributed by atoms with van der Waals surface area (Å²) in [5.74, 6) is -1.05. The predicted octanol–water partition coefficient (Wildman–Crippen LogP) is 3.20. The normalized spacial score (nSPS) is 17.1. The number of hydrogen-bond donors (Lipinski definition) is 1. The highest BCUT2D eigenvalue weighted by molar-refractivity contribution is 6.02. The highest BCUT2D eigenvalue weighted by Gasteiger charge is 2.28. The van der Waals surface area contributed by atoms with Crippen LogP contribution in [0.5, 0.6) is 0 Å². The maximum Gasteiger partial charge on any atom is 0.243 e. The minimum atomic E-state index is -0.509. The molecule has 0 bridgehead atoms. The summed E-state index contributed by atoms with van der Waals surface area (Å²) in [6.07, 6.45) is 1.76. The van der Waals surface area contributed by atoms with Crippen molar-refractivity contribution in [2.45, 2.75) is 19.3 Å². The number of nitrogens with one attached hydrogen (secondary N) is 1. The summed E-state index contributed by atoms with van der Waals surface area (Å²) in [5.41, 5.74) is 1.68. The Balaban J connectivity index is 1.35. The molecule has 1 saturated heterocycles. The van der Waals surface area contributed by atoms with Crippen LogP contribution in [0.25, 0.3) is 0 Å². The number of halogens is 2. The molecule has 5 nitrogen and oxygen atoms in total. The SMILES string of the molecule is O=C1CN(CC(=O)N2CCC(Cc3c(F)cccc3F)CC2)c2ccccc2N1. The lowest BCUT2D eigenvalue weighted by Gasteiger charge is -2.35. The van der Waals surface area contributed by atoms with E-state index in [4.69, 9.17) is 0 Å². The largest absolute Gasteiger partial charge is 0.351 e. The van der Waals surface area contributed by atoms with Crippen molar-refractivity contribution in [1.29, 1.82) is 0 Å². The van der Waals surface area contributed by atoms with Crippen molar-refractivity contribution >= 4 is 23.2 Å². The predicted molar refractivity (Wildman–Crippen MR) is 107 cm³/mol. The van der Waals surface area contributed by atoms with Crippen molar-refractivity contribution in [3.8, 4) is 0 Å². The zero-order valence-electron chi connectivity index (χ0n) is 16.0. The zero-order chi connectivity index (χ0) is 20.4. The average molecular weight is 399 g/mol. The van der Waals surface area contributed by atoms with Crippen molar-refractivity contribution in [1.82, 2.24) is 4.90 Å². The van der Waals surface area contributed by atoms with Gasteiger partial charge in [-0.2, -0.15) is 0 Å². The van der Waals surface area contributed by atoms with E-state index in [1.165, 1.54) is 18.2 Å². The van der Waals surface area contributed by atoms with Crippen molar-refractivity contribution in [3.63, 3.8) is 0 Å². The van der Waals surface area contributed by atoms with Gasteiger partial charge in [-0.05, 0) is 49.4 Å². The summed E-state index contributed by atoms with van der Waals surface area (Å²) >= 11 is 0. The van der Waals surface area contributed by atoms with Crippen LogP contribution in [0.1, 0.15) is 18.4 Å². The third-order valence-electron chi connectivity index (χ3n) is 5.70. The number of likely N-dealkylation sites (tertiary alicyclic amines) is 1. The number of amides is 2. The van der Waals surface area contributed by atoms with Gasteiger partial charge in [-0.3, -0.25) is 9.59 Å². The van der Waals surface area contributed by atoms with E-state index in [9.17, 15) is 18.4 Å². The van der Waals surface area contributed by atoms with Crippen molar-refractivity contribution < 1.29 is 18.4 Å². The fourth-order valence-electron chi connectivity index (χ4n) is 4.11. The summed E-state index contributed by atoms with van der Waals surface area (Å²) < 4.78 is 27.8. The number of anilines is 2. The first-order valence-electron chi connectivity index (χ1n) is 9.86. The monoisotopic (exact) mass is 399 g/mol. The second-order valence-electron chi connectivity index (χ2n) is 7.65. The summed E-state index contributed by atoms with van der Waals surface area (Å²) in [4.78, 5) is 28.3. The first-order valence-corrected chi connectivity index (χ1v) is 9.86. The lowest BCUT2D eigenvalue weighted by Crippen LogP contribution is -2.47. The second-order valence-corrected chi connectivity index (χ2v) is 7.65. The van der Waals surface area contributed by atoms with E-state index in [-0.39, 0.29) is 36.4 Å². The molecule has 2 heterocycles. The van der Waals surface area contributed by atoms with Gasteiger partial charge in [0.25, 0.3) is 0 Å². The molecule has 0 aliphatic carbocycles. The molecule has 7 heteroatoms. The Bertz CT molecular complexity index is 906. The molecular weight excluding hydrogens is 376 g/mol. The van der Waals surface area contributed by atoms with Crippen LogP contribution in [-0.2, 0) is 16.0 Å². The van der Waals surface area contributed by atoms with E-state index in [0.717, 1.165) is 5.69 Å². The molecule has 0 atom stereocenters. The van der Waals surface area contributed by atoms with Crippen molar-refractivity contribution in [2.75, 3.05) is 36.4 Å². The molecular formula is C22H23F2N3O2. The van der Waals surface area contributed by atoms with Gasteiger partial charge in [-0.25, -0.2) is 8.78 Å². The number of fused-ring (bicyclic) bond motifs is 1. The Kier molecular flexibility index (Phi) is 5.47. The number of benzene rings is 2. The smallest absolute Gasteiger partial charge is 0.243 e. The number of piperidine rings is 1. The van der Waals surface area contributed by atoms with Crippen LogP contribution in [-0.4, -0.2) is 42.9 Å². The van der Waals surface area contributed by atoms with Crippen LogP contribution in [0.2, 0.25) is 0 Å². The average Bonchev–Trinajstić information content (AvgIpc) is 2.71. The minimum absolute atomic E-state index is 0.0370. The Morgan fingerprint density at radius 3 is 2.45 bits per heavy atom. The molecule has 0 radical (unpaired) electrons. The number of nitrogens with zero attached hydrogens (tertiary/aromatic N) is 2.